The molecular weight excluding hydrogens is 366 g/mol. The first kappa shape index (κ1) is 19.4. The molecule has 1 saturated heterocycles. The Balaban J connectivity index is 1.57. The summed E-state index contributed by atoms with van der Waals surface area (Å²) in [5.74, 6) is 0.929. The number of carbonyl (C=O) groups excluding carboxylic acids is 1. The number of hydrogen-bond acceptors (Lipinski definition) is 5. The van der Waals surface area contributed by atoms with Gasteiger partial charge in [-0.3, -0.25) is 4.79 Å². The van der Waals surface area contributed by atoms with Crippen LogP contribution in [0, 0.1) is 13.8 Å². The lowest BCUT2D eigenvalue weighted by atomic mass is 9.94. The summed E-state index contributed by atoms with van der Waals surface area (Å²) in [7, 11) is 1.69. The van der Waals surface area contributed by atoms with Crippen LogP contribution in [0.1, 0.15) is 53.0 Å². The molecule has 1 atom stereocenters. The number of likely N-dealkylation sites (tertiary alicyclic amines) is 1. The molecule has 1 unspecified atom stereocenters. The highest BCUT2D eigenvalue weighted by Crippen LogP contribution is 2.28. The molecule has 0 spiro atoms. The lowest BCUT2D eigenvalue weighted by molar-refractivity contribution is 0.0603. The smallest absolute Gasteiger partial charge is 0.258 e. The molecule has 0 saturated carbocycles. The van der Waals surface area contributed by atoms with Crippen LogP contribution in [0.3, 0.4) is 0 Å². The van der Waals surface area contributed by atoms with Crippen LogP contribution in [-0.4, -0.2) is 40.6 Å². The fourth-order valence-corrected chi connectivity index (χ4v) is 4.27. The van der Waals surface area contributed by atoms with Crippen LogP contribution < -0.4 is 4.74 Å². The summed E-state index contributed by atoms with van der Waals surface area (Å²) in [5.41, 5.74) is 3.80. The minimum absolute atomic E-state index is 0.0575. The van der Waals surface area contributed by atoms with Gasteiger partial charge >= 0.3 is 0 Å². The third-order valence-electron chi connectivity index (χ3n) is 5.76. The largest absolute Gasteiger partial charge is 0.497 e. The average Bonchev–Trinajstić information content (AvgIpc) is 3.12. The van der Waals surface area contributed by atoms with Crippen molar-refractivity contribution in [2.45, 2.75) is 52.0 Å². The summed E-state index contributed by atoms with van der Waals surface area (Å²) >= 11 is 0. The molecule has 1 aromatic carbocycles. The van der Waals surface area contributed by atoms with Crippen LogP contribution in [0.15, 0.2) is 34.9 Å². The predicted molar refractivity (Wildman–Crippen MR) is 111 cm³/mol. The topological polar surface area (TPSA) is 68.5 Å². The number of aromatic nitrogens is 2. The van der Waals surface area contributed by atoms with E-state index in [1.54, 1.807) is 7.11 Å². The first-order valence-corrected chi connectivity index (χ1v) is 10.2. The second-order valence-electron chi connectivity index (χ2n) is 7.80. The number of hydrogen-bond donors (Lipinski definition) is 0. The molecule has 152 valence electrons. The van der Waals surface area contributed by atoms with E-state index in [-0.39, 0.29) is 11.9 Å². The highest BCUT2D eigenvalue weighted by molar-refractivity contribution is 6.06. The molecular formula is C23H27N3O3. The molecule has 6 heteroatoms. The third-order valence-corrected chi connectivity index (χ3v) is 5.76. The van der Waals surface area contributed by atoms with Crippen molar-refractivity contribution >= 4 is 17.0 Å². The maximum Gasteiger partial charge on any atom is 0.258 e. The van der Waals surface area contributed by atoms with Gasteiger partial charge in [0.15, 0.2) is 0 Å². The van der Waals surface area contributed by atoms with E-state index in [1.165, 1.54) is 5.56 Å². The minimum atomic E-state index is 0.0575. The Morgan fingerprint density at radius 1 is 1.28 bits per heavy atom. The van der Waals surface area contributed by atoms with Gasteiger partial charge in [-0.05, 0) is 69.7 Å². The zero-order valence-corrected chi connectivity index (χ0v) is 17.3. The molecule has 3 aromatic rings. The predicted octanol–water partition coefficient (Wildman–Crippen LogP) is 4.48. The molecule has 1 aliphatic heterocycles. The molecule has 0 aliphatic carbocycles. The summed E-state index contributed by atoms with van der Waals surface area (Å²) in [5, 5.41) is 4.75. The van der Waals surface area contributed by atoms with Gasteiger partial charge in [0.1, 0.15) is 5.75 Å². The molecule has 6 nitrogen and oxygen atoms in total. The number of pyridine rings is 1. The Kier molecular flexibility index (Phi) is 5.51. The van der Waals surface area contributed by atoms with E-state index in [0.717, 1.165) is 55.5 Å². The van der Waals surface area contributed by atoms with Crippen molar-refractivity contribution < 1.29 is 14.1 Å². The van der Waals surface area contributed by atoms with Crippen molar-refractivity contribution in [2.24, 2.45) is 0 Å². The second kappa shape index (κ2) is 8.23. The van der Waals surface area contributed by atoms with Crippen molar-refractivity contribution in [2.75, 3.05) is 13.7 Å². The van der Waals surface area contributed by atoms with Gasteiger partial charge in [-0.1, -0.05) is 17.3 Å². The zero-order valence-electron chi connectivity index (χ0n) is 17.3. The van der Waals surface area contributed by atoms with Crippen LogP contribution in [0.2, 0.25) is 0 Å². The van der Waals surface area contributed by atoms with E-state index in [2.05, 4.69) is 22.3 Å². The second-order valence-corrected chi connectivity index (χ2v) is 7.80. The Hall–Kier alpha value is -2.89. The zero-order chi connectivity index (χ0) is 20.4. The van der Waals surface area contributed by atoms with Crippen molar-refractivity contribution in [1.29, 1.82) is 0 Å². The van der Waals surface area contributed by atoms with E-state index in [4.69, 9.17) is 9.26 Å². The lowest BCUT2D eigenvalue weighted by Crippen LogP contribution is -2.44. The van der Waals surface area contributed by atoms with E-state index in [0.29, 0.717) is 17.0 Å². The maximum atomic E-state index is 13.5. The number of piperidine rings is 1. The van der Waals surface area contributed by atoms with Gasteiger partial charge in [-0.25, -0.2) is 4.98 Å². The molecule has 0 radical (unpaired) electrons. The van der Waals surface area contributed by atoms with Crippen LogP contribution in [0.5, 0.6) is 5.75 Å². The summed E-state index contributed by atoms with van der Waals surface area (Å²) in [6.07, 6.45) is 5.09. The Morgan fingerprint density at radius 2 is 2.14 bits per heavy atom. The van der Waals surface area contributed by atoms with Crippen LogP contribution >= 0.6 is 0 Å². The SMILES string of the molecule is COc1cccc(CCC2CCCCN2C(=O)c2cc(C)nc3onc(C)c23)c1. The number of ether oxygens (including phenoxy) is 1. The van der Waals surface area contributed by atoms with Gasteiger partial charge in [-0.2, -0.15) is 0 Å². The van der Waals surface area contributed by atoms with Gasteiger partial charge in [0, 0.05) is 18.3 Å². The highest BCUT2D eigenvalue weighted by atomic mass is 16.5. The van der Waals surface area contributed by atoms with Gasteiger partial charge < -0.3 is 14.2 Å². The summed E-state index contributed by atoms with van der Waals surface area (Å²) in [6, 6.07) is 10.3. The molecule has 0 N–H and O–H groups in total. The van der Waals surface area contributed by atoms with Gasteiger partial charge in [0.2, 0.25) is 0 Å². The van der Waals surface area contributed by atoms with Gasteiger partial charge in [0.25, 0.3) is 11.6 Å². The number of nitrogens with zero attached hydrogens (tertiary/aromatic N) is 3. The fraction of sp³-hybridized carbons (Fsp3) is 0.435. The van der Waals surface area contributed by atoms with Gasteiger partial charge in [-0.15, -0.1) is 0 Å². The van der Waals surface area contributed by atoms with Crippen LogP contribution in [-0.2, 0) is 6.42 Å². The Bertz CT molecular complexity index is 1030. The highest BCUT2D eigenvalue weighted by Gasteiger charge is 2.29. The molecule has 1 aliphatic rings. The van der Waals surface area contributed by atoms with E-state index in [9.17, 15) is 4.79 Å². The molecule has 29 heavy (non-hydrogen) atoms. The molecule has 1 amide bonds. The first-order chi connectivity index (χ1) is 14.1. The standard InChI is InChI=1S/C23H27N3O3/c1-15-13-20(21-16(2)25-29-22(21)24-15)23(27)26-12-5-4-8-18(26)11-10-17-7-6-9-19(14-17)28-3/h6-7,9,13-14,18H,4-5,8,10-12H2,1-3H3. The van der Waals surface area contributed by atoms with E-state index >= 15 is 0 Å². The van der Waals surface area contributed by atoms with E-state index in [1.807, 2.05) is 36.9 Å². The Morgan fingerprint density at radius 3 is 2.97 bits per heavy atom. The monoisotopic (exact) mass is 393 g/mol. The number of aryl methyl sites for hydroxylation is 3. The number of benzene rings is 1. The summed E-state index contributed by atoms with van der Waals surface area (Å²) in [6.45, 7) is 4.52. The number of methoxy groups -OCH3 is 1. The molecule has 4 rings (SSSR count). The molecule has 0 bridgehead atoms. The minimum Gasteiger partial charge on any atom is -0.497 e. The van der Waals surface area contributed by atoms with Crippen molar-refractivity contribution in [3.05, 3.63) is 52.8 Å². The first-order valence-electron chi connectivity index (χ1n) is 10.2. The van der Waals surface area contributed by atoms with Crippen LogP contribution in [0.4, 0.5) is 0 Å². The van der Waals surface area contributed by atoms with E-state index < -0.39 is 0 Å². The third kappa shape index (κ3) is 3.97. The molecule has 3 heterocycles. The number of carbonyl (C=O) groups is 1. The average molecular weight is 393 g/mol. The number of fused-ring (bicyclic) bond motifs is 1. The van der Waals surface area contributed by atoms with Crippen molar-refractivity contribution in [3.8, 4) is 5.75 Å². The fourth-order valence-electron chi connectivity index (χ4n) is 4.27. The Labute approximate surface area is 170 Å². The molecule has 1 fully saturated rings. The summed E-state index contributed by atoms with van der Waals surface area (Å²) < 4.78 is 10.7. The molecule has 2 aromatic heterocycles. The van der Waals surface area contributed by atoms with Crippen molar-refractivity contribution in [3.63, 3.8) is 0 Å². The number of amides is 1. The van der Waals surface area contributed by atoms with Crippen LogP contribution in [0.25, 0.3) is 11.1 Å². The summed E-state index contributed by atoms with van der Waals surface area (Å²) in [4.78, 5) is 20.0. The van der Waals surface area contributed by atoms with Crippen molar-refractivity contribution in [1.82, 2.24) is 15.0 Å². The number of rotatable bonds is 5. The normalized spacial score (nSPS) is 16.9. The quantitative estimate of drug-likeness (QED) is 0.639. The van der Waals surface area contributed by atoms with Gasteiger partial charge in [0.05, 0.1) is 23.8 Å². The maximum absolute atomic E-state index is 13.5. The lowest BCUT2D eigenvalue weighted by Gasteiger charge is -2.36.